The minimum Gasteiger partial charge on any atom is -0.235 e. The van der Waals surface area contributed by atoms with Crippen molar-refractivity contribution in [3.8, 4) is 0 Å². The molecule has 0 saturated heterocycles. The fourth-order valence-corrected chi connectivity index (χ4v) is 2.40. The summed E-state index contributed by atoms with van der Waals surface area (Å²) in [6, 6.07) is 0. The first-order chi connectivity index (χ1) is 4.83. The van der Waals surface area contributed by atoms with E-state index < -0.39 is 0 Å². The molecule has 0 spiro atoms. The molecule has 1 rings (SSSR count). The van der Waals surface area contributed by atoms with Crippen molar-refractivity contribution in [3.05, 3.63) is 11.1 Å². The topological polar surface area (TPSA) is 12.9 Å². The number of aromatic nitrogens is 1. The Labute approximate surface area is 73.8 Å². The Hall–Kier alpha value is 0.270. The average molecular weight is 194 g/mol. The van der Waals surface area contributed by atoms with Gasteiger partial charge in [-0.05, 0) is 6.92 Å². The molecule has 0 N–H and O–H groups in total. The van der Waals surface area contributed by atoms with Crippen LogP contribution < -0.4 is 0 Å². The maximum Gasteiger partial charge on any atom is 0.150 e. The second-order valence-electron chi connectivity index (χ2n) is 1.79. The van der Waals surface area contributed by atoms with Gasteiger partial charge >= 0.3 is 0 Å². The highest BCUT2D eigenvalue weighted by atomic mass is 35.5. The fraction of sp³-hybridized carbons (Fsp3) is 0.500. The monoisotopic (exact) mass is 193 g/mol. The number of thioether (sulfide) groups is 1. The largest absolute Gasteiger partial charge is 0.235 e. The first kappa shape index (κ1) is 8.37. The Morgan fingerprint density at radius 1 is 1.80 bits per heavy atom. The molecule has 0 fully saturated rings. The lowest BCUT2D eigenvalue weighted by atomic mass is 10.6. The number of hydrogen-bond donors (Lipinski definition) is 0. The Kier molecular flexibility index (Phi) is 3.52. The normalized spacial score (nSPS) is 10.2. The Morgan fingerprint density at radius 3 is 3.10 bits per heavy atom. The van der Waals surface area contributed by atoms with Gasteiger partial charge in [0.05, 0.1) is 0 Å². The van der Waals surface area contributed by atoms with Crippen LogP contribution in [0.4, 0.5) is 0 Å². The van der Waals surface area contributed by atoms with Crippen LogP contribution in [0.15, 0.2) is 9.72 Å². The minimum absolute atomic E-state index is 0.698. The molecule has 0 aromatic carbocycles. The molecule has 4 heteroatoms. The SMILES string of the molecule is Cc1csc(SCCCl)n1. The van der Waals surface area contributed by atoms with Gasteiger partial charge in [0.2, 0.25) is 0 Å². The number of rotatable bonds is 3. The Bertz CT molecular complexity index is 199. The summed E-state index contributed by atoms with van der Waals surface area (Å²) in [4.78, 5) is 4.27. The van der Waals surface area contributed by atoms with Crippen LogP contribution in [0.25, 0.3) is 0 Å². The highest BCUT2D eigenvalue weighted by molar-refractivity contribution is 8.01. The number of aryl methyl sites for hydroxylation is 1. The van der Waals surface area contributed by atoms with Gasteiger partial charge in [-0.15, -0.1) is 22.9 Å². The van der Waals surface area contributed by atoms with E-state index in [0.29, 0.717) is 5.88 Å². The van der Waals surface area contributed by atoms with Crippen molar-refractivity contribution < 1.29 is 0 Å². The summed E-state index contributed by atoms with van der Waals surface area (Å²) >= 11 is 8.91. The Morgan fingerprint density at radius 2 is 2.60 bits per heavy atom. The third-order valence-electron chi connectivity index (χ3n) is 0.901. The summed E-state index contributed by atoms with van der Waals surface area (Å²) < 4.78 is 1.12. The van der Waals surface area contributed by atoms with Crippen molar-refractivity contribution in [1.82, 2.24) is 4.98 Å². The van der Waals surface area contributed by atoms with Gasteiger partial charge in [-0.1, -0.05) is 11.8 Å². The molecule has 1 nitrogen and oxygen atoms in total. The summed E-state index contributed by atoms with van der Waals surface area (Å²) in [5.74, 6) is 1.65. The molecule has 0 radical (unpaired) electrons. The van der Waals surface area contributed by atoms with Crippen molar-refractivity contribution in [2.24, 2.45) is 0 Å². The van der Waals surface area contributed by atoms with Gasteiger partial charge in [0.15, 0.2) is 0 Å². The van der Waals surface area contributed by atoms with Crippen molar-refractivity contribution in [2.45, 2.75) is 11.3 Å². The van der Waals surface area contributed by atoms with Crippen LogP contribution in [-0.2, 0) is 0 Å². The van der Waals surface area contributed by atoms with Crippen molar-refractivity contribution in [2.75, 3.05) is 11.6 Å². The quantitative estimate of drug-likeness (QED) is 0.541. The molecule has 1 aromatic rings. The zero-order valence-corrected chi connectivity index (χ0v) is 8.02. The lowest BCUT2D eigenvalue weighted by Crippen LogP contribution is -1.77. The predicted molar refractivity (Wildman–Crippen MR) is 48.3 cm³/mol. The van der Waals surface area contributed by atoms with Gasteiger partial charge in [-0.3, -0.25) is 0 Å². The lowest BCUT2D eigenvalue weighted by Gasteiger charge is -1.88. The number of alkyl halides is 1. The summed E-state index contributed by atoms with van der Waals surface area (Å²) in [7, 11) is 0. The van der Waals surface area contributed by atoms with Gasteiger partial charge in [-0.25, -0.2) is 4.98 Å². The smallest absolute Gasteiger partial charge is 0.150 e. The standard InChI is InChI=1S/C6H8ClNS2/c1-5-4-10-6(8-5)9-3-2-7/h4H,2-3H2,1H3. The molecule has 10 heavy (non-hydrogen) atoms. The van der Waals surface area contributed by atoms with Crippen LogP contribution in [0.2, 0.25) is 0 Å². The molecule has 1 heterocycles. The number of nitrogens with zero attached hydrogens (tertiary/aromatic N) is 1. The van der Waals surface area contributed by atoms with Crippen LogP contribution in [0.5, 0.6) is 0 Å². The van der Waals surface area contributed by atoms with Gasteiger partial charge in [-0.2, -0.15) is 0 Å². The molecular formula is C6H8ClNS2. The van der Waals surface area contributed by atoms with E-state index in [1.807, 2.05) is 6.92 Å². The highest BCUT2D eigenvalue weighted by Crippen LogP contribution is 2.21. The molecule has 0 aliphatic heterocycles. The number of thiazole rings is 1. The minimum atomic E-state index is 0.698. The van der Waals surface area contributed by atoms with E-state index in [-0.39, 0.29) is 0 Å². The van der Waals surface area contributed by atoms with E-state index >= 15 is 0 Å². The van der Waals surface area contributed by atoms with E-state index in [4.69, 9.17) is 11.6 Å². The molecule has 1 aromatic heterocycles. The third kappa shape index (κ3) is 2.48. The number of halogens is 1. The number of hydrogen-bond acceptors (Lipinski definition) is 3. The molecule has 56 valence electrons. The van der Waals surface area contributed by atoms with Gasteiger partial charge < -0.3 is 0 Å². The first-order valence-electron chi connectivity index (χ1n) is 2.94. The van der Waals surface area contributed by atoms with Gasteiger partial charge in [0.25, 0.3) is 0 Å². The van der Waals surface area contributed by atoms with Crippen LogP contribution in [-0.4, -0.2) is 16.6 Å². The van der Waals surface area contributed by atoms with Crippen molar-refractivity contribution in [1.29, 1.82) is 0 Å². The molecule has 0 bridgehead atoms. The fourth-order valence-electron chi connectivity index (χ4n) is 0.525. The average Bonchev–Trinajstić information content (AvgIpc) is 2.31. The summed E-state index contributed by atoms with van der Waals surface area (Å²) in [6.45, 7) is 2.00. The van der Waals surface area contributed by atoms with Crippen LogP contribution >= 0.6 is 34.7 Å². The summed E-state index contributed by atoms with van der Waals surface area (Å²) in [5.41, 5.74) is 1.10. The molecular weight excluding hydrogens is 186 g/mol. The third-order valence-corrected chi connectivity index (χ3v) is 3.45. The second kappa shape index (κ2) is 4.21. The second-order valence-corrected chi connectivity index (χ2v) is 4.37. The Balaban J connectivity index is 2.42. The van der Waals surface area contributed by atoms with Gasteiger partial charge in [0, 0.05) is 22.7 Å². The highest BCUT2D eigenvalue weighted by Gasteiger charge is 1.96. The van der Waals surface area contributed by atoms with Crippen molar-refractivity contribution in [3.63, 3.8) is 0 Å². The van der Waals surface area contributed by atoms with E-state index in [1.54, 1.807) is 23.1 Å². The molecule has 0 saturated carbocycles. The summed E-state index contributed by atoms with van der Waals surface area (Å²) in [6.07, 6.45) is 0. The maximum absolute atomic E-state index is 5.51. The lowest BCUT2D eigenvalue weighted by molar-refractivity contribution is 1.16. The van der Waals surface area contributed by atoms with Gasteiger partial charge in [0.1, 0.15) is 4.34 Å². The van der Waals surface area contributed by atoms with E-state index in [2.05, 4.69) is 10.4 Å². The molecule has 0 aliphatic rings. The van der Waals surface area contributed by atoms with E-state index in [1.165, 1.54) is 0 Å². The zero-order valence-electron chi connectivity index (χ0n) is 5.63. The predicted octanol–water partition coefficient (Wildman–Crippen LogP) is 2.78. The van der Waals surface area contributed by atoms with E-state index in [9.17, 15) is 0 Å². The van der Waals surface area contributed by atoms with Crippen LogP contribution in [0.3, 0.4) is 0 Å². The molecule has 0 unspecified atom stereocenters. The molecule has 0 aliphatic carbocycles. The van der Waals surface area contributed by atoms with Crippen LogP contribution in [0.1, 0.15) is 5.69 Å². The van der Waals surface area contributed by atoms with Crippen LogP contribution in [0, 0.1) is 6.92 Å². The maximum atomic E-state index is 5.51. The molecule has 0 amide bonds. The first-order valence-corrected chi connectivity index (χ1v) is 5.34. The van der Waals surface area contributed by atoms with Crippen molar-refractivity contribution >= 4 is 34.7 Å². The summed E-state index contributed by atoms with van der Waals surface area (Å²) in [5, 5.41) is 2.05. The zero-order chi connectivity index (χ0) is 7.40. The molecule has 0 atom stereocenters. The van der Waals surface area contributed by atoms with E-state index in [0.717, 1.165) is 15.8 Å².